The van der Waals surface area contributed by atoms with Crippen molar-refractivity contribution in [3.63, 3.8) is 0 Å². The van der Waals surface area contributed by atoms with Gasteiger partial charge in [0.2, 0.25) is 0 Å². The fourth-order valence-electron chi connectivity index (χ4n) is 3.00. The van der Waals surface area contributed by atoms with E-state index < -0.39 is 11.7 Å². The third-order valence-electron chi connectivity index (χ3n) is 4.26. The first kappa shape index (κ1) is 16.6. The van der Waals surface area contributed by atoms with Crippen LogP contribution in [0.2, 0.25) is 0 Å². The second-order valence-corrected chi connectivity index (χ2v) is 6.49. The Morgan fingerprint density at radius 3 is 2.29 bits per heavy atom. The molecule has 1 heterocycles. The van der Waals surface area contributed by atoms with Gasteiger partial charge in [0.25, 0.3) is 5.56 Å². The number of hydrogen-bond donors (Lipinski definition) is 0. The zero-order valence-corrected chi connectivity index (χ0v) is 13.3. The highest BCUT2D eigenvalue weighted by Gasteiger charge is 2.33. The molecule has 2 nitrogen and oxygen atoms in total. The third-order valence-corrected chi connectivity index (χ3v) is 5.45. The van der Waals surface area contributed by atoms with Crippen LogP contribution in [-0.4, -0.2) is 9.90 Å². The lowest BCUT2D eigenvalue weighted by atomic mass is 9.82. The van der Waals surface area contributed by atoms with Crippen molar-refractivity contribution >= 4 is 15.9 Å². The van der Waals surface area contributed by atoms with Gasteiger partial charge >= 0.3 is 6.18 Å². The Bertz CT molecular complexity index is 530. The Labute approximate surface area is 130 Å². The maximum atomic E-state index is 12.8. The van der Waals surface area contributed by atoms with E-state index in [1.807, 2.05) is 0 Å². The second-order valence-electron chi connectivity index (χ2n) is 5.93. The van der Waals surface area contributed by atoms with Crippen molar-refractivity contribution < 1.29 is 13.2 Å². The van der Waals surface area contributed by atoms with Crippen molar-refractivity contribution in [2.24, 2.45) is 5.41 Å². The van der Waals surface area contributed by atoms with E-state index in [4.69, 9.17) is 0 Å². The van der Waals surface area contributed by atoms with Crippen molar-refractivity contribution in [2.45, 2.75) is 51.2 Å². The maximum absolute atomic E-state index is 12.8. The lowest BCUT2D eigenvalue weighted by Crippen LogP contribution is -2.33. The summed E-state index contributed by atoms with van der Waals surface area (Å²) in [7, 11) is 0. The van der Waals surface area contributed by atoms with E-state index in [1.54, 1.807) is 0 Å². The van der Waals surface area contributed by atoms with E-state index >= 15 is 0 Å². The summed E-state index contributed by atoms with van der Waals surface area (Å²) in [6.45, 7) is 0.348. The molecule has 0 atom stereocenters. The van der Waals surface area contributed by atoms with Crippen LogP contribution in [0.5, 0.6) is 0 Å². The monoisotopic (exact) mass is 365 g/mol. The van der Waals surface area contributed by atoms with Gasteiger partial charge < -0.3 is 4.57 Å². The normalized spacial score (nSPS) is 19.2. The number of aromatic nitrogens is 1. The maximum Gasteiger partial charge on any atom is 0.417 e. The van der Waals surface area contributed by atoms with Crippen LogP contribution in [0.1, 0.15) is 44.1 Å². The van der Waals surface area contributed by atoms with Gasteiger partial charge in [-0.1, -0.05) is 41.6 Å². The van der Waals surface area contributed by atoms with Gasteiger partial charge in [-0.25, -0.2) is 0 Å². The zero-order chi connectivity index (χ0) is 15.5. The van der Waals surface area contributed by atoms with Crippen LogP contribution >= 0.6 is 15.9 Å². The minimum atomic E-state index is -4.42. The first-order valence-electron chi connectivity index (χ1n) is 7.20. The predicted molar refractivity (Wildman–Crippen MR) is 79.6 cm³/mol. The van der Waals surface area contributed by atoms with Gasteiger partial charge in [-0.3, -0.25) is 4.79 Å². The molecule has 0 unspecified atom stereocenters. The highest BCUT2D eigenvalue weighted by molar-refractivity contribution is 9.09. The molecular formula is C15H19BrF3NO. The molecule has 6 heteroatoms. The number of pyridine rings is 1. The number of halogens is 4. The van der Waals surface area contributed by atoms with Crippen molar-refractivity contribution in [3.05, 3.63) is 34.2 Å². The summed E-state index contributed by atoms with van der Waals surface area (Å²) in [6.07, 6.45) is 2.89. The van der Waals surface area contributed by atoms with Gasteiger partial charge in [0.15, 0.2) is 0 Å². The van der Waals surface area contributed by atoms with Gasteiger partial charge in [0, 0.05) is 24.1 Å². The first-order chi connectivity index (χ1) is 9.86. The molecule has 0 bridgehead atoms. The fraction of sp³-hybridized carbons (Fsp3) is 0.667. The summed E-state index contributed by atoms with van der Waals surface area (Å²) in [5.74, 6) is 0. The molecule has 21 heavy (non-hydrogen) atoms. The van der Waals surface area contributed by atoms with Crippen LogP contribution < -0.4 is 5.56 Å². The van der Waals surface area contributed by atoms with Crippen molar-refractivity contribution in [1.82, 2.24) is 4.57 Å². The topological polar surface area (TPSA) is 22.0 Å². The molecule has 1 aliphatic rings. The number of rotatable bonds is 3. The summed E-state index contributed by atoms with van der Waals surface area (Å²) in [5.41, 5.74) is -1.25. The predicted octanol–water partition coefficient (Wildman–Crippen LogP) is 4.60. The molecule has 0 spiro atoms. The molecule has 1 aliphatic carbocycles. The number of hydrogen-bond acceptors (Lipinski definition) is 1. The summed E-state index contributed by atoms with van der Waals surface area (Å²) >= 11 is 3.51. The standard InChI is InChI=1S/C15H19BrF3NO/c16-10-14(7-3-1-2-4-8-14)11-20-9-12(15(17,18)19)5-6-13(20)21/h5-6,9H,1-4,7-8,10-11H2. The van der Waals surface area contributed by atoms with Crippen LogP contribution in [0.15, 0.2) is 23.1 Å². The van der Waals surface area contributed by atoms with Gasteiger partial charge in [-0.2, -0.15) is 13.2 Å². The lowest BCUT2D eigenvalue weighted by molar-refractivity contribution is -0.138. The second kappa shape index (κ2) is 6.55. The number of alkyl halides is 4. The highest BCUT2D eigenvalue weighted by Crippen LogP contribution is 2.38. The van der Waals surface area contributed by atoms with E-state index in [0.717, 1.165) is 56.9 Å². The Morgan fingerprint density at radius 2 is 1.76 bits per heavy atom. The van der Waals surface area contributed by atoms with Crippen LogP contribution in [-0.2, 0) is 12.7 Å². The van der Waals surface area contributed by atoms with E-state index in [9.17, 15) is 18.0 Å². The Morgan fingerprint density at radius 1 is 1.14 bits per heavy atom. The summed E-state index contributed by atoms with van der Waals surface area (Å²) in [6, 6.07) is 1.87. The molecule has 0 aliphatic heterocycles. The van der Waals surface area contributed by atoms with Crippen molar-refractivity contribution in [2.75, 3.05) is 5.33 Å². The fourth-order valence-corrected chi connectivity index (χ4v) is 3.73. The SMILES string of the molecule is O=c1ccc(C(F)(F)F)cn1CC1(CBr)CCCCCC1. The smallest absolute Gasteiger partial charge is 0.314 e. The van der Waals surface area contributed by atoms with Gasteiger partial charge in [-0.05, 0) is 24.3 Å². The Hall–Kier alpha value is -0.780. The van der Waals surface area contributed by atoms with Crippen molar-refractivity contribution in [1.29, 1.82) is 0 Å². The van der Waals surface area contributed by atoms with Crippen molar-refractivity contribution in [3.8, 4) is 0 Å². The molecule has 1 fully saturated rings. The minimum absolute atomic E-state index is 0.120. The molecular weight excluding hydrogens is 347 g/mol. The molecule has 118 valence electrons. The molecule has 0 saturated heterocycles. The third kappa shape index (κ3) is 4.11. The van der Waals surface area contributed by atoms with Crippen LogP contribution in [0, 0.1) is 5.41 Å². The zero-order valence-electron chi connectivity index (χ0n) is 11.8. The van der Waals surface area contributed by atoms with E-state index in [2.05, 4.69) is 15.9 Å². The molecule has 2 rings (SSSR count). The largest absolute Gasteiger partial charge is 0.417 e. The summed E-state index contributed by atoms with van der Waals surface area (Å²) in [4.78, 5) is 11.9. The lowest BCUT2D eigenvalue weighted by Gasteiger charge is -2.31. The highest BCUT2D eigenvalue weighted by atomic mass is 79.9. The molecule has 1 saturated carbocycles. The quantitative estimate of drug-likeness (QED) is 0.566. The molecule has 1 aromatic rings. The molecule has 0 amide bonds. The molecule has 0 N–H and O–H groups in total. The molecule has 1 aromatic heterocycles. The van der Waals surface area contributed by atoms with E-state index in [1.165, 1.54) is 4.57 Å². The van der Waals surface area contributed by atoms with Crippen LogP contribution in [0.3, 0.4) is 0 Å². The van der Waals surface area contributed by atoms with Crippen LogP contribution in [0.25, 0.3) is 0 Å². The van der Waals surface area contributed by atoms with E-state index in [-0.39, 0.29) is 11.0 Å². The molecule has 0 radical (unpaired) electrons. The molecule has 0 aromatic carbocycles. The van der Waals surface area contributed by atoms with Gasteiger partial charge in [0.1, 0.15) is 0 Å². The Balaban J connectivity index is 2.30. The average Bonchev–Trinajstić information content (AvgIpc) is 2.66. The summed E-state index contributed by atoms with van der Waals surface area (Å²) in [5, 5.41) is 0.711. The van der Waals surface area contributed by atoms with Crippen LogP contribution in [0.4, 0.5) is 13.2 Å². The van der Waals surface area contributed by atoms with Gasteiger partial charge in [-0.15, -0.1) is 0 Å². The minimum Gasteiger partial charge on any atom is -0.314 e. The average molecular weight is 366 g/mol. The van der Waals surface area contributed by atoms with Gasteiger partial charge in [0.05, 0.1) is 5.56 Å². The number of nitrogens with zero attached hydrogens (tertiary/aromatic N) is 1. The Kier molecular flexibility index (Phi) is 5.17. The first-order valence-corrected chi connectivity index (χ1v) is 8.32. The summed E-state index contributed by atoms with van der Waals surface area (Å²) < 4.78 is 39.6. The van der Waals surface area contributed by atoms with E-state index in [0.29, 0.717) is 11.9 Å².